The number of rotatable bonds is 8. The quantitative estimate of drug-likeness (QED) is 0.136. The molecule has 0 saturated carbocycles. The van der Waals surface area contributed by atoms with Crippen molar-refractivity contribution in [2.24, 2.45) is 0 Å². The number of aryl methyl sites for hydroxylation is 2. The molecule has 0 radical (unpaired) electrons. The summed E-state index contributed by atoms with van der Waals surface area (Å²) >= 11 is 0. The lowest BCUT2D eigenvalue weighted by Crippen LogP contribution is -2.54. The largest absolute Gasteiger partial charge is 0.457 e. The van der Waals surface area contributed by atoms with Crippen molar-refractivity contribution in [2.75, 3.05) is 9.80 Å². The lowest BCUT2D eigenvalue weighted by atomic mass is 9.73. The number of nitrogens with zero attached hydrogens (tertiary/aromatic N) is 2. The highest BCUT2D eigenvalue weighted by Crippen LogP contribution is 2.56. The molecule has 4 aromatic carbocycles. The lowest BCUT2D eigenvalue weighted by molar-refractivity contribution is -0.288. The highest BCUT2D eigenvalue weighted by molar-refractivity contribution is 6.29. The fourth-order valence-electron chi connectivity index (χ4n) is 5.96. The van der Waals surface area contributed by atoms with Gasteiger partial charge in [0, 0.05) is 24.3 Å². The van der Waals surface area contributed by atoms with E-state index in [0.717, 1.165) is 58.4 Å². The van der Waals surface area contributed by atoms with Crippen LogP contribution in [0.1, 0.15) is 22.3 Å². The van der Waals surface area contributed by atoms with Crippen molar-refractivity contribution >= 4 is 35.0 Å². The highest BCUT2D eigenvalue weighted by Gasteiger charge is 2.72. The minimum Gasteiger partial charge on any atom is -0.457 e. The molecule has 0 unspecified atom stereocenters. The molecule has 0 saturated heterocycles. The van der Waals surface area contributed by atoms with Crippen LogP contribution in [0.3, 0.4) is 0 Å². The molecule has 2 aliphatic rings. The first kappa shape index (κ1) is 34.7. The molecular formula is C37H24F6N2O6. The van der Waals surface area contributed by atoms with Crippen molar-refractivity contribution in [2.45, 2.75) is 31.6 Å². The van der Waals surface area contributed by atoms with E-state index >= 15 is 0 Å². The van der Waals surface area contributed by atoms with Crippen LogP contribution in [0.25, 0.3) is 0 Å². The molecule has 2 heterocycles. The Balaban J connectivity index is 1.26. The standard InChI is InChI=1S/C37H24F6N2O6/c1-21-19-27(11-13-29(21)44-31(46)15-16-32(44)47)50-25-7-3-23(4-8-25)35(36(38,39)40,37(41,42)43)24-5-9-26(10-6-24)51-28-12-14-30(22(2)20-28)45-33(48)17-18-34(45)49/h3-20H,1-2H3. The van der Waals surface area contributed by atoms with Crippen LogP contribution >= 0.6 is 0 Å². The summed E-state index contributed by atoms with van der Waals surface area (Å²) in [5.74, 6) is -1.98. The van der Waals surface area contributed by atoms with E-state index in [2.05, 4.69) is 0 Å². The van der Waals surface area contributed by atoms with Gasteiger partial charge in [-0.05, 0) is 96.8 Å². The van der Waals surface area contributed by atoms with E-state index in [-0.39, 0.29) is 34.4 Å². The van der Waals surface area contributed by atoms with Gasteiger partial charge in [0.05, 0.1) is 11.4 Å². The molecule has 14 heteroatoms. The first-order chi connectivity index (χ1) is 24.0. The summed E-state index contributed by atoms with van der Waals surface area (Å²) in [6.45, 7) is 3.19. The number of imide groups is 2. The van der Waals surface area contributed by atoms with Crippen molar-refractivity contribution in [1.82, 2.24) is 0 Å². The van der Waals surface area contributed by atoms with Crippen LogP contribution in [0.5, 0.6) is 23.0 Å². The number of halogens is 6. The van der Waals surface area contributed by atoms with Gasteiger partial charge in [-0.25, -0.2) is 9.80 Å². The molecule has 0 fully saturated rings. The Morgan fingerprint density at radius 3 is 1.02 bits per heavy atom. The van der Waals surface area contributed by atoms with E-state index in [4.69, 9.17) is 9.47 Å². The Labute approximate surface area is 285 Å². The fourth-order valence-corrected chi connectivity index (χ4v) is 5.96. The van der Waals surface area contributed by atoms with Crippen LogP contribution in [0.4, 0.5) is 37.7 Å². The summed E-state index contributed by atoms with van der Waals surface area (Å²) in [5.41, 5.74) is -5.18. The number of hydrogen-bond acceptors (Lipinski definition) is 6. The maximum Gasteiger partial charge on any atom is 0.411 e. The van der Waals surface area contributed by atoms with Gasteiger partial charge in [0.15, 0.2) is 0 Å². The minimum atomic E-state index is -5.84. The van der Waals surface area contributed by atoms with Crippen molar-refractivity contribution < 1.29 is 55.0 Å². The van der Waals surface area contributed by atoms with Gasteiger partial charge in [0.2, 0.25) is 5.41 Å². The van der Waals surface area contributed by atoms with E-state index in [1.165, 1.54) is 36.4 Å². The van der Waals surface area contributed by atoms with Crippen molar-refractivity contribution in [3.63, 3.8) is 0 Å². The molecule has 0 bridgehead atoms. The predicted octanol–water partition coefficient (Wildman–Crippen LogP) is 8.16. The third-order valence-corrected chi connectivity index (χ3v) is 8.33. The molecular weight excluding hydrogens is 682 g/mol. The maximum absolute atomic E-state index is 14.8. The molecule has 0 spiro atoms. The topological polar surface area (TPSA) is 93.2 Å². The van der Waals surface area contributed by atoms with Gasteiger partial charge in [-0.2, -0.15) is 26.3 Å². The fraction of sp³-hybridized carbons (Fsp3) is 0.135. The number of carbonyl (C=O) groups is 4. The Bertz CT molecular complexity index is 1950. The third-order valence-electron chi connectivity index (χ3n) is 8.33. The second-order valence-electron chi connectivity index (χ2n) is 11.6. The normalized spacial score (nSPS) is 15.0. The average molecular weight is 707 g/mol. The van der Waals surface area contributed by atoms with Gasteiger partial charge < -0.3 is 9.47 Å². The summed E-state index contributed by atoms with van der Waals surface area (Å²) in [6, 6.07) is 15.2. The number of benzene rings is 4. The van der Waals surface area contributed by atoms with E-state index in [9.17, 15) is 45.5 Å². The molecule has 0 N–H and O–H groups in total. The minimum absolute atomic E-state index is 0.0704. The van der Waals surface area contributed by atoms with Crippen LogP contribution < -0.4 is 19.3 Å². The lowest BCUT2D eigenvalue weighted by Gasteiger charge is -2.38. The molecule has 4 amide bonds. The number of anilines is 2. The molecule has 51 heavy (non-hydrogen) atoms. The molecule has 0 aliphatic carbocycles. The average Bonchev–Trinajstić information content (AvgIpc) is 3.56. The number of carbonyl (C=O) groups excluding carboxylic acids is 4. The molecule has 2 aliphatic heterocycles. The first-order valence-corrected chi connectivity index (χ1v) is 15.0. The second kappa shape index (κ2) is 12.6. The zero-order valence-electron chi connectivity index (χ0n) is 26.5. The first-order valence-electron chi connectivity index (χ1n) is 15.0. The van der Waals surface area contributed by atoms with Gasteiger partial charge in [0.25, 0.3) is 23.6 Å². The summed E-state index contributed by atoms with van der Waals surface area (Å²) in [4.78, 5) is 50.0. The monoisotopic (exact) mass is 706 g/mol. The number of ether oxygens (including phenoxy) is 2. The van der Waals surface area contributed by atoms with Crippen LogP contribution in [-0.2, 0) is 24.6 Å². The van der Waals surface area contributed by atoms with Gasteiger partial charge in [-0.3, -0.25) is 19.2 Å². The molecule has 0 aromatic heterocycles. The predicted molar refractivity (Wildman–Crippen MR) is 172 cm³/mol. The summed E-state index contributed by atoms with van der Waals surface area (Å²) in [6.07, 6.45) is -7.22. The van der Waals surface area contributed by atoms with Crippen LogP contribution in [0.15, 0.2) is 109 Å². The number of alkyl halides is 6. The van der Waals surface area contributed by atoms with Crippen molar-refractivity contribution in [3.05, 3.63) is 131 Å². The maximum atomic E-state index is 14.8. The third kappa shape index (κ3) is 6.13. The van der Waals surface area contributed by atoms with Gasteiger partial charge in [0.1, 0.15) is 23.0 Å². The number of hydrogen-bond donors (Lipinski definition) is 0. The SMILES string of the molecule is Cc1cc(Oc2ccc(C(c3ccc(Oc4ccc(N5C(=O)C=CC5=O)c(C)c4)cc3)(C(F)(F)F)C(F)(F)F)cc2)ccc1N1C(=O)C=CC1=O. The smallest absolute Gasteiger partial charge is 0.411 e. The highest BCUT2D eigenvalue weighted by atomic mass is 19.4. The Hall–Kier alpha value is -6.18. The van der Waals surface area contributed by atoms with Gasteiger partial charge in [-0.1, -0.05) is 24.3 Å². The van der Waals surface area contributed by atoms with Crippen LogP contribution in [0.2, 0.25) is 0 Å². The van der Waals surface area contributed by atoms with E-state index in [1.807, 2.05) is 0 Å². The molecule has 8 nitrogen and oxygen atoms in total. The van der Waals surface area contributed by atoms with E-state index < -0.39 is 52.5 Å². The number of amides is 4. The van der Waals surface area contributed by atoms with Crippen molar-refractivity contribution in [1.29, 1.82) is 0 Å². The Kier molecular flexibility index (Phi) is 8.57. The molecule has 4 aromatic rings. The summed E-state index contributed by atoms with van der Waals surface area (Å²) < 4.78 is 100.0. The second-order valence-corrected chi connectivity index (χ2v) is 11.6. The molecule has 0 atom stereocenters. The summed E-state index contributed by atoms with van der Waals surface area (Å²) in [7, 11) is 0. The zero-order valence-corrected chi connectivity index (χ0v) is 26.5. The molecule has 260 valence electrons. The van der Waals surface area contributed by atoms with Crippen LogP contribution in [-0.4, -0.2) is 36.0 Å². The van der Waals surface area contributed by atoms with Gasteiger partial charge >= 0.3 is 12.4 Å². The zero-order chi connectivity index (χ0) is 36.9. The summed E-state index contributed by atoms with van der Waals surface area (Å²) in [5, 5.41) is 0. The molecule has 6 rings (SSSR count). The van der Waals surface area contributed by atoms with Gasteiger partial charge in [-0.15, -0.1) is 0 Å². The van der Waals surface area contributed by atoms with E-state index in [1.54, 1.807) is 13.8 Å². The Morgan fingerprint density at radius 2 is 0.745 bits per heavy atom. The van der Waals surface area contributed by atoms with E-state index in [0.29, 0.717) is 35.4 Å². The Morgan fingerprint density at radius 1 is 0.451 bits per heavy atom. The van der Waals surface area contributed by atoms with Crippen LogP contribution in [0, 0.1) is 13.8 Å². The van der Waals surface area contributed by atoms with Crippen molar-refractivity contribution in [3.8, 4) is 23.0 Å².